The van der Waals surface area contributed by atoms with Crippen molar-refractivity contribution in [2.24, 2.45) is 23.7 Å². The van der Waals surface area contributed by atoms with Crippen LogP contribution >= 0.6 is 0 Å². The number of amides is 1. The molecule has 0 aromatic heterocycles. The van der Waals surface area contributed by atoms with E-state index in [9.17, 15) is 19.5 Å². The van der Waals surface area contributed by atoms with Gasteiger partial charge in [0.2, 0.25) is 0 Å². The van der Waals surface area contributed by atoms with Gasteiger partial charge in [-0.25, -0.2) is 4.79 Å². The summed E-state index contributed by atoms with van der Waals surface area (Å²) in [7, 11) is 3.24. The first-order valence-corrected chi connectivity index (χ1v) is 13.7. The van der Waals surface area contributed by atoms with Crippen LogP contribution in [-0.2, 0) is 25.5 Å². The Morgan fingerprint density at radius 3 is 2.15 bits per heavy atom. The van der Waals surface area contributed by atoms with Crippen molar-refractivity contribution in [3.05, 3.63) is 23.8 Å². The number of benzene rings is 1. The van der Waals surface area contributed by atoms with E-state index in [4.69, 9.17) is 18.9 Å². The Labute approximate surface area is 233 Å². The number of carboxylic acids is 1. The minimum atomic E-state index is -1.02. The molecule has 0 saturated heterocycles. The van der Waals surface area contributed by atoms with Gasteiger partial charge in [0, 0.05) is 26.6 Å². The van der Waals surface area contributed by atoms with Gasteiger partial charge in [-0.15, -0.1) is 0 Å². The summed E-state index contributed by atoms with van der Waals surface area (Å²) in [4.78, 5) is 37.8. The molecule has 0 radical (unpaired) electrons. The number of ketones is 1. The van der Waals surface area contributed by atoms with Gasteiger partial charge in [0.1, 0.15) is 5.60 Å². The lowest BCUT2D eigenvalue weighted by Crippen LogP contribution is -2.46. The van der Waals surface area contributed by atoms with Crippen LogP contribution in [0, 0.1) is 23.7 Å². The normalized spacial score (nSPS) is 14.0. The summed E-state index contributed by atoms with van der Waals surface area (Å²) in [5.74, 6) is -0.955. The molecule has 1 rings (SSSR count). The summed E-state index contributed by atoms with van der Waals surface area (Å²) in [5.41, 5.74) is 0.268. The van der Waals surface area contributed by atoms with Crippen LogP contribution in [0.3, 0.4) is 0 Å². The highest BCUT2D eigenvalue weighted by Crippen LogP contribution is 2.31. The Hall–Kier alpha value is -2.81. The molecule has 39 heavy (non-hydrogen) atoms. The summed E-state index contributed by atoms with van der Waals surface area (Å²) in [6.45, 7) is 14.0. The number of rotatable bonds is 17. The van der Waals surface area contributed by atoms with E-state index in [1.165, 1.54) is 0 Å². The third-order valence-corrected chi connectivity index (χ3v) is 6.58. The van der Waals surface area contributed by atoms with E-state index in [0.29, 0.717) is 37.6 Å². The van der Waals surface area contributed by atoms with E-state index in [1.807, 2.05) is 18.2 Å². The molecule has 2 N–H and O–H groups in total. The van der Waals surface area contributed by atoms with Crippen molar-refractivity contribution in [1.29, 1.82) is 0 Å². The smallest absolute Gasteiger partial charge is 0.408 e. The van der Waals surface area contributed by atoms with Crippen LogP contribution in [-0.4, -0.2) is 62.0 Å². The first-order chi connectivity index (χ1) is 18.2. The second-order valence-electron chi connectivity index (χ2n) is 11.7. The SMILES string of the molecule is COCCCOc1cc(C[C@@H](C[C@H](NC(=O)OC(C)(C)C)C(=O)CC(C(=O)O)C(C)C)C(C)C)ccc1OC. The molecule has 3 atom stereocenters. The lowest BCUT2D eigenvalue weighted by Gasteiger charge is -2.29. The lowest BCUT2D eigenvalue weighted by molar-refractivity contribution is -0.145. The van der Waals surface area contributed by atoms with Gasteiger partial charge in [0.15, 0.2) is 17.3 Å². The van der Waals surface area contributed by atoms with Crippen molar-refractivity contribution in [2.45, 2.75) is 85.8 Å². The zero-order valence-corrected chi connectivity index (χ0v) is 25.2. The van der Waals surface area contributed by atoms with Crippen LogP contribution in [0.5, 0.6) is 11.5 Å². The molecule has 0 bridgehead atoms. The number of ether oxygens (including phenoxy) is 4. The number of aliphatic carboxylic acids is 1. The molecular formula is C30H49NO8. The van der Waals surface area contributed by atoms with Crippen molar-refractivity contribution in [1.82, 2.24) is 5.32 Å². The van der Waals surface area contributed by atoms with E-state index >= 15 is 0 Å². The Balaban J connectivity index is 3.19. The Morgan fingerprint density at radius 2 is 1.64 bits per heavy atom. The number of nitrogens with one attached hydrogen (secondary N) is 1. The van der Waals surface area contributed by atoms with Crippen LogP contribution in [0.2, 0.25) is 0 Å². The highest BCUT2D eigenvalue weighted by molar-refractivity contribution is 5.90. The van der Waals surface area contributed by atoms with Gasteiger partial charge in [-0.2, -0.15) is 0 Å². The lowest BCUT2D eigenvalue weighted by atomic mass is 9.81. The number of hydrogen-bond acceptors (Lipinski definition) is 7. The van der Waals surface area contributed by atoms with Crippen LogP contribution in [0.15, 0.2) is 18.2 Å². The van der Waals surface area contributed by atoms with Crippen molar-refractivity contribution >= 4 is 17.8 Å². The average Bonchev–Trinajstić information content (AvgIpc) is 2.82. The number of carboxylic acid groups (broad SMARTS) is 1. The number of carbonyl (C=O) groups is 3. The second-order valence-corrected chi connectivity index (χ2v) is 11.7. The second kappa shape index (κ2) is 16.3. The highest BCUT2D eigenvalue weighted by Gasteiger charge is 2.32. The summed E-state index contributed by atoms with van der Waals surface area (Å²) in [6, 6.07) is 4.89. The van der Waals surface area contributed by atoms with Crippen LogP contribution < -0.4 is 14.8 Å². The van der Waals surface area contributed by atoms with Gasteiger partial charge in [0.05, 0.1) is 25.7 Å². The minimum Gasteiger partial charge on any atom is -0.493 e. The summed E-state index contributed by atoms with van der Waals surface area (Å²) in [5, 5.41) is 12.4. The molecular weight excluding hydrogens is 502 g/mol. The molecule has 0 saturated carbocycles. The van der Waals surface area contributed by atoms with Crippen molar-refractivity contribution in [3.8, 4) is 11.5 Å². The summed E-state index contributed by atoms with van der Waals surface area (Å²) >= 11 is 0. The molecule has 1 amide bonds. The van der Waals surface area contributed by atoms with Crippen molar-refractivity contribution < 1.29 is 38.4 Å². The average molecular weight is 552 g/mol. The first kappa shape index (κ1) is 34.2. The Kier molecular flexibility index (Phi) is 14.3. The predicted molar refractivity (Wildman–Crippen MR) is 150 cm³/mol. The van der Waals surface area contributed by atoms with Crippen molar-refractivity contribution in [3.63, 3.8) is 0 Å². The van der Waals surface area contributed by atoms with Gasteiger partial charge in [-0.1, -0.05) is 33.8 Å². The number of methoxy groups -OCH3 is 2. The maximum absolute atomic E-state index is 13.4. The highest BCUT2D eigenvalue weighted by atomic mass is 16.6. The van der Waals surface area contributed by atoms with Gasteiger partial charge >= 0.3 is 12.1 Å². The largest absolute Gasteiger partial charge is 0.493 e. The third kappa shape index (κ3) is 12.7. The van der Waals surface area contributed by atoms with E-state index in [0.717, 1.165) is 12.0 Å². The monoisotopic (exact) mass is 551 g/mol. The molecule has 1 aromatic carbocycles. The fraction of sp³-hybridized carbons (Fsp3) is 0.700. The van der Waals surface area contributed by atoms with Crippen LogP contribution in [0.25, 0.3) is 0 Å². The molecule has 0 aliphatic carbocycles. The molecule has 1 aromatic rings. The van der Waals surface area contributed by atoms with Crippen LogP contribution in [0.4, 0.5) is 4.79 Å². The van der Waals surface area contributed by atoms with Gasteiger partial charge in [-0.3, -0.25) is 9.59 Å². The third-order valence-electron chi connectivity index (χ3n) is 6.58. The maximum Gasteiger partial charge on any atom is 0.408 e. The van der Waals surface area contributed by atoms with Gasteiger partial charge in [0.25, 0.3) is 0 Å². The van der Waals surface area contributed by atoms with E-state index in [1.54, 1.807) is 48.8 Å². The number of carbonyl (C=O) groups excluding carboxylic acids is 2. The fourth-order valence-electron chi connectivity index (χ4n) is 4.23. The van der Waals surface area contributed by atoms with Crippen LogP contribution in [0.1, 0.15) is 73.3 Å². The topological polar surface area (TPSA) is 120 Å². The number of alkyl carbamates (subject to hydrolysis) is 1. The van der Waals surface area contributed by atoms with Crippen molar-refractivity contribution in [2.75, 3.05) is 27.4 Å². The maximum atomic E-state index is 13.4. The molecule has 0 aliphatic rings. The molecule has 0 fully saturated rings. The minimum absolute atomic E-state index is 0.00551. The Bertz CT molecular complexity index is 922. The predicted octanol–water partition coefficient (Wildman–Crippen LogP) is 5.52. The first-order valence-electron chi connectivity index (χ1n) is 13.7. The molecule has 0 spiro atoms. The number of Topliss-reactive ketones (excluding diaryl/α,β-unsaturated/α-hetero) is 1. The molecule has 1 unspecified atom stereocenters. The molecule has 0 aliphatic heterocycles. The van der Waals surface area contributed by atoms with E-state index in [2.05, 4.69) is 19.2 Å². The summed E-state index contributed by atoms with van der Waals surface area (Å²) < 4.78 is 21.9. The summed E-state index contributed by atoms with van der Waals surface area (Å²) in [6.07, 6.45) is 0.849. The zero-order chi connectivity index (χ0) is 29.8. The quantitative estimate of drug-likeness (QED) is 0.243. The Morgan fingerprint density at radius 1 is 0.974 bits per heavy atom. The molecule has 9 nitrogen and oxygen atoms in total. The molecule has 0 heterocycles. The molecule has 9 heteroatoms. The van der Waals surface area contributed by atoms with Gasteiger partial charge in [-0.05, 0) is 69.1 Å². The fourth-order valence-corrected chi connectivity index (χ4v) is 4.23. The molecule has 222 valence electrons. The number of hydrogen-bond donors (Lipinski definition) is 2. The van der Waals surface area contributed by atoms with E-state index < -0.39 is 29.6 Å². The standard InChI is InChI=1S/C30H49NO8/c1-19(2)22(15-21-11-12-26(37-9)27(16-21)38-14-10-13-36-8)17-24(31-29(35)39-30(5,6)7)25(32)18-23(20(3)4)28(33)34/h11-12,16,19-20,22-24H,10,13-15,17-18H2,1-9H3,(H,31,35)(H,33,34)/t22-,23?,24-/m0/s1. The zero-order valence-electron chi connectivity index (χ0n) is 25.2. The van der Waals surface area contributed by atoms with E-state index in [-0.39, 0.29) is 30.0 Å². The van der Waals surface area contributed by atoms with Gasteiger partial charge < -0.3 is 29.4 Å².